The standard InChI is InChI=1S/C73H46N2O2/c1-43-28-32-45(33-29-43)74(65-24-12-20-56-53-16-6-9-26-67(53)76-71(56)65)47-36-38-51-52-39-37-48(75(46-34-30-44(2)31-35-46)66-25-13-21-57-54-17-7-10-27-68(54)77-72(57)66)41-63(52)73(62(51)40-47)61-23-8-5-18-58(61)70-59-22-11-19-55-49-14-3-4-15-50(49)60(69(55)59)42-64(70)73/h3-42H,1-2H3. The first-order valence-electron chi connectivity index (χ1n) is 26.6. The van der Waals surface area contributed by atoms with Crippen molar-refractivity contribution in [2.75, 3.05) is 9.80 Å². The van der Waals surface area contributed by atoms with Crippen molar-refractivity contribution < 1.29 is 8.83 Å². The quantitative estimate of drug-likeness (QED) is 0.166. The average molecular weight is 983 g/mol. The van der Waals surface area contributed by atoms with Gasteiger partial charge in [0.25, 0.3) is 0 Å². The summed E-state index contributed by atoms with van der Waals surface area (Å²) in [6, 6.07) is 89.9. The number of rotatable bonds is 6. The molecule has 12 aromatic carbocycles. The van der Waals surface area contributed by atoms with Crippen LogP contribution < -0.4 is 9.80 Å². The number of fused-ring (bicyclic) bond motifs is 20. The maximum Gasteiger partial charge on any atom is 0.159 e. The minimum atomic E-state index is -0.741. The number of anilines is 6. The zero-order valence-corrected chi connectivity index (χ0v) is 42.3. The van der Waals surface area contributed by atoms with Crippen molar-refractivity contribution in [1.82, 2.24) is 0 Å². The largest absolute Gasteiger partial charge is 0.454 e. The zero-order valence-electron chi connectivity index (χ0n) is 42.3. The van der Waals surface area contributed by atoms with E-state index >= 15 is 0 Å². The van der Waals surface area contributed by atoms with E-state index < -0.39 is 5.41 Å². The Morgan fingerprint density at radius 1 is 0.299 bits per heavy atom. The van der Waals surface area contributed by atoms with Gasteiger partial charge in [-0.1, -0.05) is 175 Å². The molecule has 1 spiro atoms. The highest BCUT2D eigenvalue weighted by Gasteiger charge is 2.53. The molecule has 17 rings (SSSR count). The molecule has 0 aliphatic heterocycles. The van der Waals surface area contributed by atoms with E-state index in [0.717, 1.165) is 78.0 Å². The molecule has 360 valence electrons. The van der Waals surface area contributed by atoms with Gasteiger partial charge in [-0.25, -0.2) is 0 Å². The molecule has 4 heteroatoms. The second kappa shape index (κ2) is 15.6. The maximum absolute atomic E-state index is 6.87. The molecule has 0 radical (unpaired) electrons. The van der Waals surface area contributed by atoms with Gasteiger partial charge in [-0.05, 0) is 170 Å². The number of benzene rings is 12. The molecule has 77 heavy (non-hydrogen) atoms. The lowest BCUT2D eigenvalue weighted by Crippen LogP contribution is -2.26. The SMILES string of the molecule is Cc1ccc(N(c2ccc3c(c2)C2(c4cc(N(c5ccc(C)cc5)c5cccc6c5oc5ccccc56)ccc4-3)c3ccccc3-c3c2cc2c4c(cccc34)-c3ccccc3-2)c2cccc3c2oc2ccccc23)cc1. The summed E-state index contributed by atoms with van der Waals surface area (Å²) in [6.45, 7) is 4.31. The number of aryl methyl sites for hydroxylation is 2. The number of hydrogen-bond donors (Lipinski definition) is 0. The van der Waals surface area contributed by atoms with Crippen molar-refractivity contribution in [1.29, 1.82) is 0 Å². The average Bonchev–Trinajstić information content (AvgIpc) is 4.27. The van der Waals surface area contributed by atoms with E-state index in [1.807, 2.05) is 0 Å². The highest BCUT2D eigenvalue weighted by Crippen LogP contribution is 2.67. The van der Waals surface area contributed by atoms with E-state index in [2.05, 4.69) is 266 Å². The molecule has 4 nitrogen and oxygen atoms in total. The minimum absolute atomic E-state index is 0.741. The van der Waals surface area contributed by atoms with Crippen LogP contribution in [0.25, 0.3) is 99.2 Å². The molecule has 14 aromatic rings. The third-order valence-electron chi connectivity index (χ3n) is 17.1. The summed E-state index contributed by atoms with van der Waals surface area (Å²) in [5.74, 6) is 0. The van der Waals surface area contributed by atoms with E-state index in [0.29, 0.717) is 0 Å². The van der Waals surface area contributed by atoms with Gasteiger partial charge in [0.2, 0.25) is 0 Å². The van der Waals surface area contributed by atoms with E-state index in [1.165, 1.54) is 88.7 Å². The fourth-order valence-corrected chi connectivity index (χ4v) is 13.9. The van der Waals surface area contributed by atoms with E-state index in [1.54, 1.807) is 0 Å². The van der Waals surface area contributed by atoms with E-state index in [9.17, 15) is 0 Å². The first kappa shape index (κ1) is 42.5. The third-order valence-corrected chi connectivity index (χ3v) is 17.1. The lowest BCUT2D eigenvalue weighted by atomic mass is 9.70. The first-order chi connectivity index (χ1) is 38.0. The molecule has 0 bridgehead atoms. The van der Waals surface area contributed by atoms with Gasteiger partial charge < -0.3 is 18.6 Å². The van der Waals surface area contributed by atoms with Crippen LogP contribution in [0.3, 0.4) is 0 Å². The van der Waals surface area contributed by atoms with Crippen molar-refractivity contribution in [2.24, 2.45) is 0 Å². The Bertz CT molecular complexity index is 4630. The number of para-hydroxylation sites is 4. The van der Waals surface area contributed by atoms with Crippen LogP contribution >= 0.6 is 0 Å². The normalized spacial score (nSPS) is 13.2. The summed E-state index contributed by atoms with van der Waals surface area (Å²) in [4.78, 5) is 4.81. The predicted octanol–water partition coefficient (Wildman–Crippen LogP) is 20.2. The molecule has 0 N–H and O–H groups in total. The van der Waals surface area contributed by atoms with Crippen molar-refractivity contribution in [3.05, 3.63) is 276 Å². The molecule has 0 fully saturated rings. The molecule has 0 unspecified atom stereocenters. The molecular formula is C73H46N2O2. The van der Waals surface area contributed by atoms with Gasteiger partial charge in [-0.15, -0.1) is 0 Å². The minimum Gasteiger partial charge on any atom is -0.454 e. The van der Waals surface area contributed by atoms with Crippen LogP contribution in [0.2, 0.25) is 0 Å². The molecular weight excluding hydrogens is 937 g/mol. The Labute approximate surface area is 444 Å². The molecule has 0 saturated carbocycles. The fraction of sp³-hybridized carbons (Fsp3) is 0.0411. The first-order valence-corrected chi connectivity index (χ1v) is 26.6. The Morgan fingerprint density at radius 3 is 1.31 bits per heavy atom. The summed E-state index contributed by atoms with van der Waals surface area (Å²) >= 11 is 0. The summed E-state index contributed by atoms with van der Waals surface area (Å²) in [6.07, 6.45) is 0. The van der Waals surface area contributed by atoms with Gasteiger partial charge in [0, 0.05) is 44.3 Å². The second-order valence-electron chi connectivity index (χ2n) is 21.2. The molecule has 3 aliphatic carbocycles. The van der Waals surface area contributed by atoms with Gasteiger partial charge >= 0.3 is 0 Å². The second-order valence-corrected chi connectivity index (χ2v) is 21.2. The van der Waals surface area contributed by atoms with Crippen LogP contribution in [-0.4, -0.2) is 0 Å². The topological polar surface area (TPSA) is 32.8 Å². The van der Waals surface area contributed by atoms with Crippen molar-refractivity contribution >= 4 is 88.8 Å². The molecule has 2 aromatic heterocycles. The predicted molar refractivity (Wildman–Crippen MR) is 318 cm³/mol. The maximum atomic E-state index is 6.87. The van der Waals surface area contributed by atoms with Gasteiger partial charge in [0.1, 0.15) is 11.2 Å². The highest BCUT2D eigenvalue weighted by molar-refractivity contribution is 6.21. The number of hydrogen-bond acceptors (Lipinski definition) is 4. The lowest BCUT2D eigenvalue weighted by Gasteiger charge is -2.33. The Hall–Kier alpha value is -9.90. The fourth-order valence-electron chi connectivity index (χ4n) is 13.9. The molecule has 0 atom stereocenters. The van der Waals surface area contributed by atoms with Gasteiger partial charge in [-0.2, -0.15) is 0 Å². The molecule has 3 aliphatic rings. The summed E-state index contributed by atoms with van der Waals surface area (Å²) in [7, 11) is 0. The summed E-state index contributed by atoms with van der Waals surface area (Å²) < 4.78 is 13.7. The Kier molecular flexibility index (Phi) is 8.59. The van der Waals surface area contributed by atoms with E-state index in [-0.39, 0.29) is 0 Å². The summed E-state index contributed by atoms with van der Waals surface area (Å²) in [5.41, 5.74) is 26.5. The molecule has 2 heterocycles. The van der Waals surface area contributed by atoms with Crippen LogP contribution in [0, 0.1) is 13.8 Å². The number of furan rings is 2. The molecule has 0 amide bonds. The van der Waals surface area contributed by atoms with Crippen molar-refractivity contribution in [3.63, 3.8) is 0 Å². The van der Waals surface area contributed by atoms with Crippen LogP contribution in [0.4, 0.5) is 34.1 Å². The number of nitrogens with zero attached hydrogens (tertiary/aromatic N) is 2. The smallest absolute Gasteiger partial charge is 0.159 e. The van der Waals surface area contributed by atoms with Crippen molar-refractivity contribution in [3.8, 4) is 44.5 Å². The Balaban J connectivity index is 0.979. The monoisotopic (exact) mass is 982 g/mol. The van der Waals surface area contributed by atoms with Crippen LogP contribution in [0.5, 0.6) is 0 Å². The van der Waals surface area contributed by atoms with Gasteiger partial charge in [0.05, 0.1) is 16.8 Å². The third kappa shape index (κ3) is 5.71. The van der Waals surface area contributed by atoms with Crippen LogP contribution in [0.15, 0.2) is 251 Å². The van der Waals surface area contributed by atoms with Crippen LogP contribution in [0.1, 0.15) is 33.4 Å². The van der Waals surface area contributed by atoms with Crippen LogP contribution in [-0.2, 0) is 5.41 Å². The Morgan fingerprint density at radius 2 is 0.740 bits per heavy atom. The molecule has 0 saturated heterocycles. The van der Waals surface area contributed by atoms with Gasteiger partial charge in [-0.3, -0.25) is 0 Å². The highest BCUT2D eigenvalue weighted by atomic mass is 16.3. The van der Waals surface area contributed by atoms with Crippen molar-refractivity contribution in [2.45, 2.75) is 19.3 Å². The summed E-state index contributed by atoms with van der Waals surface area (Å²) in [5, 5.41) is 7.00. The van der Waals surface area contributed by atoms with E-state index in [4.69, 9.17) is 8.83 Å². The van der Waals surface area contributed by atoms with Gasteiger partial charge in [0.15, 0.2) is 11.2 Å². The zero-order chi connectivity index (χ0) is 50.7. The lowest BCUT2D eigenvalue weighted by molar-refractivity contribution is 0.668.